The van der Waals surface area contributed by atoms with Crippen LogP contribution in [0.5, 0.6) is 5.75 Å². The molecule has 0 unspecified atom stereocenters. The summed E-state index contributed by atoms with van der Waals surface area (Å²) in [6, 6.07) is 7.90. The maximum absolute atomic E-state index is 13.4. The van der Waals surface area contributed by atoms with Crippen molar-refractivity contribution in [1.29, 1.82) is 0 Å². The van der Waals surface area contributed by atoms with E-state index in [1.807, 2.05) is 0 Å². The van der Waals surface area contributed by atoms with Crippen LogP contribution in [0.1, 0.15) is 5.56 Å². The minimum absolute atomic E-state index is 0.0750. The normalized spacial score (nSPS) is 10.3. The molecule has 0 fully saturated rings. The van der Waals surface area contributed by atoms with Crippen LogP contribution in [0, 0.1) is 17.5 Å². The summed E-state index contributed by atoms with van der Waals surface area (Å²) in [5.74, 6) is -1.92. The molecule has 100 valence electrons. The molecule has 2 nitrogen and oxygen atoms in total. The topological polar surface area (TPSA) is 21.3 Å². The third-order valence-corrected chi connectivity index (χ3v) is 2.66. The van der Waals surface area contributed by atoms with Crippen LogP contribution in [0.15, 0.2) is 36.4 Å². The summed E-state index contributed by atoms with van der Waals surface area (Å²) in [6.45, 7) is 0.0750. The van der Waals surface area contributed by atoms with Gasteiger partial charge in [-0.1, -0.05) is 12.1 Å². The van der Waals surface area contributed by atoms with E-state index < -0.39 is 17.5 Å². The van der Waals surface area contributed by atoms with Crippen LogP contribution in [0.4, 0.5) is 18.9 Å². The Morgan fingerprint density at radius 1 is 1.11 bits per heavy atom. The van der Waals surface area contributed by atoms with Crippen LogP contribution in [0.2, 0.25) is 0 Å². The van der Waals surface area contributed by atoms with Crippen molar-refractivity contribution in [3.63, 3.8) is 0 Å². The molecule has 19 heavy (non-hydrogen) atoms. The van der Waals surface area contributed by atoms with Crippen molar-refractivity contribution in [3.05, 3.63) is 59.4 Å². The van der Waals surface area contributed by atoms with Crippen molar-refractivity contribution in [2.75, 3.05) is 12.4 Å². The molecule has 5 heteroatoms. The van der Waals surface area contributed by atoms with Crippen LogP contribution in [0.3, 0.4) is 0 Å². The lowest BCUT2D eigenvalue weighted by Gasteiger charge is -2.11. The van der Waals surface area contributed by atoms with E-state index in [4.69, 9.17) is 4.74 Å². The Labute approximate surface area is 108 Å². The number of rotatable bonds is 4. The Kier molecular flexibility index (Phi) is 3.94. The van der Waals surface area contributed by atoms with Gasteiger partial charge in [0.2, 0.25) is 0 Å². The average Bonchev–Trinajstić information content (AvgIpc) is 2.41. The highest BCUT2D eigenvalue weighted by Gasteiger charge is 2.09. The van der Waals surface area contributed by atoms with Crippen molar-refractivity contribution < 1.29 is 17.9 Å². The summed E-state index contributed by atoms with van der Waals surface area (Å²) < 4.78 is 44.5. The van der Waals surface area contributed by atoms with Gasteiger partial charge in [0.05, 0.1) is 12.8 Å². The Hall–Kier alpha value is -2.17. The van der Waals surface area contributed by atoms with Gasteiger partial charge in [-0.05, 0) is 18.2 Å². The van der Waals surface area contributed by atoms with Crippen molar-refractivity contribution in [1.82, 2.24) is 0 Å². The fourth-order valence-corrected chi connectivity index (χ4v) is 1.69. The first-order valence-corrected chi connectivity index (χ1v) is 5.62. The lowest BCUT2D eigenvalue weighted by molar-refractivity contribution is 0.413. The molecule has 0 saturated heterocycles. The molecule has 0 aliphatic rings. The van der Waals surface area contributed by atoms with Gasteiger partial charge >= 0.3 is 0 Å². The van der Waals surface area contributed by atoms with E-state index >= 15 is 0 Å². The van der Waals surface area contributed by atoms with E-state index in [-0.39, 0.29) is 12.1 Å². The molecule has 0 saturated carbocycles. The van der Waals surface area contributed by atoms with E-state index in [1.54, 1.807) is 0 Å². The van der Waals surface area contributed by atoms with Crippen LogP contribution in [-0.4, -0.2) is 7.11 Å². The van der Waals surface area contributed by atoms with Gasteiger partial charge in [-0.2, -0.15) is 0 Å². The number of nitrogens with one attached hydrogen (secondary N) is 1. The monoisotopic (exact) mass is 267 g/mol. The smallest absolute Gasteiger partial charge is 0.163 e. The maximum Gasteiger partial charge on any atom is 0.163 e. The highest BCUT2D eigenvalue weighted by Crippen LogP contribution is 2.25. The number of methoxy groups -OCH3 is 1. The van der Waals surface area contributed by atoms with Crippen molar-refractivity contribution >= 4 is 5.69 Å². The van der Waals surface area contributed by atoms with Crippen LogP contribution < -0.4 is 10.1 Å². The number of ether oxygens (including phenoxy) is 1. The van der Waals surface area contributed by atoms with E-state index in [1.165, 1.54) is 37.4 Å². The molecule has 0 atom stereocenters. The standard InChI is InChI=1S/C14H12F3NO/c1-19-13-7-10(15)5-6-12(13)18-8-9-3-2-4-11(16)14(9)17/h2-7,18H,8H2,1H3. The molecule has 0 amide bonds. The number of benzene rings is 2. The molecular formula is C14H12F3NO. The summed E-state index contributed by atoms with van der Waals surface area (Å²) in [4.78, 5) is 0. The van der Waals surface area contributed by atoms with E-state index in [0.29, 0.717) is 11.4 Å². The van der Waals surface area contributed by atoms with Gasteiger partial charge in [0, 0.05) is 18.2 Å². The Bertz CT molecular complexity index is 587. The first kappa shape index (κ1) is 13.3. The van der Waals surface area contributed by atoms with Gasteiger partial charge in [0.25, 0.3) is 0 Å². The summed E-state index contributed by atoms with van der Waals surface area (Å²) in [5, 5.41) is 2.88. The SMILES string of the molecule is COc1cc(F)ccc1NCc1cccc(F)c1F. The Morgan fingerprint density at radius 3 is 2.63 bits per heavy atom. The molecule has 2 rings (SSSR count). The Morgan fingerprint density at radius 2 is 1.89 bits per heavy atom. The highest BCUT2D eigenvalue weighted by atomic mass is 19.2. The minimum Gasteiger partial charge on any atom is -0.494 e. The maximum atomic E-state index is 13.4. The average molecular weight is 267 g/mol. The number of hydrogen-bond acceptors (Lipinski definition) is 2. The van der Waals surface area contributed by atoms with E-state index in [2.05, 4.69) is 5.32 Å². The number of hydrogen-bond donors (Lipinski definition) is 1. The largest absolute Gasteiger partial charge is 0.494 e. The van der Waals surface area contributed by atoms with Crippen LogP contribution >= 0.6 is 0 Å². The van der Waals surface area contributed by atoms with Gasteiger partial charge in [0.1, 0.15) is 11.6 Å². The fraction of sp³-hybridized carbons (Fsp3) is 0.143. The van der Waals surface area contributed by atoms with Gasteiger partial charge in [-0.3, -0.25) is 0 Å². The van der Waals surface area contributed by atoms with Crippen molar-refractivity contribution in [2.24, 2.45) is 0 Å². The third-order valence-electron chi connectivity index (χ3n) is 2.66. The predicted molar refractivity (Wildman–Crippen MR) is 66.6 cm³/mol. The lowest BCUT2D eigenvalue weighted by atomic mass is 10.2. The second kappa shape index (κ2) is 5.65. The summed E-state index contributed by atoms with van der Waals surface area (Å²) in [5.41, 5.74) is 0.693. The lowest BCUT2D eigenvalue weighted by Crippen LogP contribution is -2.04. The second-order valence-corrected chi connectivity index (χ2v) is 3.91. The fourth-order valence-electron chi connectivity index (χ4n) is 1.69. The zero-order valence-electron chi connectivity index (χ0n) is 10.2. The first-order chi connectivity index (χ1) is 9.11. The number of anilines is 1. The summed E-state index contributed by atoms with van der Waals surface area (Å²) in [6.07, 6.45) is 0. The zero-order valence-corrected chi connectivity index (χ0v) is 10.2. The molecular weight excluding hydrogens is 255 g/mol. The van der Waals surface area contributed by atoms with Gasteiger partial charge in [-0.15, -0.1) is 0 Å². The summed E-state index contributed by atoms with van der Waals surface area (Å²) >= 11 is 0. The molecule has 0 spiro atoms. The quantitative estimate of drug-likeness (QED) is 0.911. The molecule has 0 aliphatic carbocycles. The molecule has 0 aromatic heterocycles. The highest BCUT2D eigenvalue weighted by molar-refractivity contribution is 5.56. The van der Waals surface area contributed by atoms with Gasteiger partial charge in [-0.25, -0.2) is 13.2 Å². The van der Waals surface area contributed by atoms with Crippen LogP contribution in [-0.2, 0) is 6.54 Å². The van der Waals surface area contributed by atoms with Gasteiger partial charge < -0.3 is 10.1 Å². The molecule has 1 N–H and O–H groups in total. The minimum atomic E-state index is -0.898. The predicted octanol–water partition coefficient (Wildman–Crippen LogP) is 3.72. The molecule has 0 radical (unpaired) electrons. The first-order valence-electron chi connectivity index (χ1n) is 5.62. The second-order valence-electron chi connectivity index (χ2n) is 3.91. The van der Waals surface area contributed by atoms with Crippen molar-refractivity contribution in [3.8, 4) is 5.75 Å². The molecule has 0 heterocycles. The zero-order chi connectivity index (χ0) is 13.8. The number of halogens is 3. The molecule has 0 aliphatic heterocycles. The van der Waals surface area contributed by atoms with Crippen LogP contribution in [0.25, 0.3) is 0 Å². The van der Waals surface area contributed by atoms with E-state index in [0.717, 1.165) is 6.07 Å². The Balaban J connectivity index is 2.17. The van der Waals surface area contributed by atoms with E-state index in [9.17, 15) is 13.2 Å². The molecule has 2 aromatic rings. The molecule has 2 aromatic carbocycles. The third kappa shape index (κ3) is 2.99. The van der Waals surface area contributed by atoms with Gasteiger partial charge in [0.15, 0.2) is 11.6 Å². The van der Waals surface area contributed by atoms with Crippen molar-refractivity contribution in [2.45, 2.75) is 6.54 Å². The summed E-state index contributed by atoms with van der Waals surface area (Å²) in [7, 11) is 1.41. The molecule has 0 bridgehead atoms.